The number of nitrogens with zero attached hydrogens (tertiary/aromatic N) is 3. The lowest BCUT2D eigenvalue weighted by atomic mass is 9.97. The van der Waals surface area contributed by atoms with E-state index in [0.717, 1.165) is 12.3 Å². The Morgan fingerprint density at radius 2 is 1.84 bits per heavy atom. The average molecular weight is 459 g/mol. The molecule has 0 atom stereocenters. The van der Waals surface area contributed by atoms with Gasteiger partial charge in [0.15, 0.2) is 0 Å². The maximum Gasteiger partial charge on any atom is 0.416 e. The number of aromatic nitrogens is 2. The highest BCUT2D eigenvalue weighted by Crippen LogP contribution is 2.34. The average Bonchev–Trinajstić information content (AvgIpc) is 3.02. The van der Waals surface area contributed by atoms with Crippen molar-refractivity contribution in [2.45, 2.75) is 39.4 Å². The summed E-state index contributed by atoms with van der Waals surface area (Å²) in [6.07, 6.45) is -2.81. The minimum Gasteiger partial charge on any atom is -0.352 e. The maximum atomic E-state index is 13.7. The topological polar surface area (TPSA) is 84.3 Å². The highest BCUT2D eigenvalue weighted by Gasteiger charge is 2.34. The normalized spacial score (nSPS) is 16.5. The van der Waals surface area contributed by atoms with Crippen LogP contribution in [0, 0.1) is 19.8 Å². The Bertz CT molecular complexity index is 1070. The quantitative estimate of drug-likeness (QED) is 0.747. The van der Waals surface area contributed by atoms with Crippen LogP contribution in [0.15, 0.2) is 24.3 Å². The Morgan fingerprint density at radius 1 is 1.19 bits per heavy atom. The summed E-state index contributed by atoms with van der Waals surface area (Å²) in [5, 5.41) is 6.80. The van der Waals surface area contributed by atoms with Crippen LogP contribution in [0.5, 0.6) is 0 Å². The summed E-state index contributed by atoms with van der Waals surface area (Å²) in [4.78, 5) is 12.5. The van der Waals surface area contributed by atoms with E-state index in [9.17, 15) is 26.4 Å². The first-order valence-corrected chi connectivity index (χ1v) is 11.7. The van der Waals surface area contributed by atoms with Gasteiger partial charge in [0.05, 0.1) is 23.2 Å². The van der Waals surface area contributed by atoms with Gasteiger partial charge in [-0.1, -0.05) is 6.07 Å². The molecule has 0 aliphatic carbocycles. The molecule has 1 aromatic heterocycles. The number of carbonyl (C=O) groups is 1. The molecule has 1 aliphatic rings. The zero-order valence-corrected chi connectivity index (χ0v) is 18.3. The number of amides is 1. The van der Waals surface area contributed by atoms with Crippen molar-refractivity contribution in [3.8, 4) is 5.69 Å². The van der Waals surface area contributed by atoms with Crippen molar-refractivity contribution in [1.29, 1.82) is 0 Å². The second-order valence-corrected chi connectivity index (χ2v) is 9.81. The van der Waals surface area contributed by atoms with Crippen molar-refractivity contribution < 1.29 is 26.4 Å². The number of nitrogens with one attached hydrogen (secondary N) is 1. The molecule has 2 aromatic rings. The predicted octanol–water partition coefficient (Wildman–Crippen LogP) is 2.80. The van der Waals surface area contributed by atoms with Gasteiger partial charge >= 0.3 is 6.18 Å². The minimum atomic E-state index is -4.59. The molecule has 0 saturated carbocycles. The number of carbonyl (C=O) groups excluding carboxylic acids is 1. The van der Waals surface area contributed by atoms with Crippen LogP contribution >= 0.6 is 0 Å². The van der Waals surface area contributed by atoms with Crippen LogP contribution in [-0.2, 0) is 27.5 Å². The molecular formula is C20H25F3N4O3S. The Hall–Kier alpha value is -2.40. The molecule has 0 spiro atoms. The second-order valence-electron chi connectivity index (χ2n) is 7.83. The highest BCUT2D eigenvalue weighted by atomic mass is 32.2. The molecule has 11 heteroatoms. The summed E-state index contributed by atoms with van der Waals surface area (Å²) >= 11 is 0. The van der Waals surface area contributed by atoms with Crippen molar-refractivity contribution in [2.75, 3.05) is 19.3 Å². The summed E-state index contributed by atoms with van der Waals surface area (Å²) in [7, 11) is -3.31. The molecule has 7 nitrogen and oxygen atoms in total. The summed E-state index contributed by atoms with van der Waals surface area (Å²) in [5.74, 6) is -0.801. The third kappa shape index (κ3) is 5.45. The second kappa shape index (κ2) is 8.62. The molecule has 0 radical (unpaired) electrons. The number of hydrogen-bond acceptors (Lipinski definition) is 4. The third-order valence-electron chi connectivity index (χ3n) is 5.40. The first kappa shape index (κ1) is 23.3. The lowest BCUT2D eigenvalue weighted by Gasteiger charge is -2.29. The molecule has 1 aromatic carbocycles. The zero-order valence-electron chi connectivity index (χ0n) is 17.5. The SMILES string of the molecule is Cc1cc(C)n(-c2ccc(CNC(=O)C3CCN(S(C)(=O)=O)CC3)c(C(F)(F)F)c2)n1. The van der Waals surface area contributed by atoms with Gasteiger partial charge < -0.3 is 5.32 Å². The Labute approximate surface area is 179 Å². The molecule has 1 amide bonds. The standard InChI is InChI=1S/C20H25F3N4O3S/c1-13-10-14(2)27(25-13)17-5-4-16(18(11-17)20(21,22)23)12-24-19(28)15-6-8-26(9-7-15)31(3,29)30/h4-5,10-11,15H,6-9,12H2,1-3H3,(H,24,28). The van der Waals surface area contributed by atoms with Crippen molar-refractivity contribution in [3.63, 3.8) is 0 Å². The van der Waals surface area contributed by atoms with E-state index in [1.807, 2.05) is 0 Å². The van der Waals surface area contributed by atoms with Gasteiger partial charge in [-0.15, -0.1) is 0 Å². The van der Waals surface area contributed by atoms with Crippen molar-refractivity contribution in [2.24, 2.45) is 5.92 Å². The van der Waals surface area contributed by atoms with Crippen molar-refractivity contribution in [1.82, 2.24) is 19.4 Å². The molecule has 31 heavy (non-hydrogen) atoms. The van der Waals surface area contributed by atoms with Gasteiger partial charge in [0.1, 0.15) is 0 Å². The van der Waals surface area contributed by atoms with Crippen LogP contribution in [0.4, 0.5) is 13.2 Å². The van der Waals surface area contributed by atoms with E-state index in [4.69, 9.17) is 0 Å². The zero-order chi connectivity index (χ0) is 23.0. The molecule has 3 rings (SSSR count). The molecule has 0 unspecified atom stereocenters. The molecule has 2 heterocycles. The Morgan fingerprint density at radius 3 is 2.35 bits per heavy atom. The number of alkyl halides is 3. The van der Waals surface area contributed by atoms with Crippen LogP contribution in [-0.4, -0.2) is 47.8 Å². The van der Waals surface area contributed by atoms with Gasteiger partial charge in [0.25, 0.3) is 0 Å². The number of hydrogen-bond donors (Lipinski definition) is 1. The van der Waals surface area contributed by atoms with Gasteiger partial charge in [0.2, 0.25) is 15.9 Å². The summed E-state index contributed by atoms with van der Waals surface area (Å²) in [6.45, 7) is 3.70. The molecule has 1 N–H and O–H groups in total. The molecule has 0 bridgehead atoms. The third-order valence-corrected chi connectivity index (χ3v) is 6.70. The van der Waals surface area contributed by atoms with E-state index in [0.29, 0.717) is 29.9 Å². The van der Waals surface area contributed by atoms with Gasteiger partial charge in [-0.2, -0.15) is 18.3 Å². The number of aryl methyl sites for hydroxylation is 2. The number of sulfonamides is 1. The predicted molar refractivity (Wildman–Crippen MR) is 109 cm³/mol. The van der Waals surface area contributed by atoms with Gasteiger partial charge in [0, 0.05) is 31.2 Å². The van der Waals surface area contributed by atoms with E-state index in [1.165, 1.54) is 15.1 Å². The molecule has 1 saturated heterocycles. The molecule has 1 fully saturated rings. The van der Waals surface area contributed by atoms with E-state index < -0.39 is 27.7 Å². The number of halogens is 3. The van der Waals surface area contributed by atoms with E-state index in [-0.39, 0.29) is 31.1 Å². The van der Waals surface area contributed by atoms with Crippen LogP contribution in [0.25, 0.3) is 5.69 Å². The number of benzene rings is 1. The monoisotopic (exact) mass is 458 g/mol. The smallest absolute Gasteiger partial charge is 0.352 e. The highest BCUT2D eigenvalue weighted by molar-refractivity contribution is 7.88. The maximum absolute atomic E-state index is 13.7. The van der Waals surface area contributed by atoms with Gasteiger partial charge in [-0.3, -0.25) is 4.79 Å². The lowest BCUT2D eigenvalue weighted by Crippen LogP contribution is -2.42. The fraction of sp³-hybridized carbons (Fsp3) is 0.500. The molecule has 1 aliphatic heterocycles. The van der Waals surface area contributed by atoms with Crippen LogP contribution in [0.3, 0.4) is 0 Å². The summed E-state index contributed by atoms with van der Waals surface area (Å²) in [5.41, 5.74) is 0.835. The summed E-state index contributed by atoms with van der Waals surface area (Å²) in [6, 6.07) is 5.70. The van der Waals surface area contributed by atoms with Crippen LogP contribution < -0.4 is 5.32 Å². The van der Waals surface area contributed by atoms with E-state index >= 15 is 0 Å². The Balaban J connectivity index is 1.73. The summed E-state index contributed by atoms with van der Waals surface area (Å²) < 4.78 is 66.9. The largest absolute Gasteiger partial charge is 0.416 e. The minimum absolute atomic E-state index is 0.0419. The van der Waals surface area contributed by atoms with Crippen molar-refractivity contribution in [3.05, 3.63) is 46.8 Å². The fourth-order valence-corrected chi connectivity index (χ4v) is 4.65. The van der Waals surface area contributed by atoms with Crippen LogP contribution in [0.2, 0.25) is 0 Å². The number of rotatable bonds is 5. The van der Waals surface area contributed by atoms with Crippen LogP contribution in [0.1, 0.15) is 35.4 Å². The van der Waals surface area contributed by atoms with E-state index in [1.54, 1.807) is 26.0 Å². The van der Waals surface area contributed by atoms with Gasteiger partial charge in [-0.25, -0.2) is 17.4 Å². The molecule has 170 valence electrons. The Kier molecular flexibility index (Phi) is 6.47. The first-order valence-electron chi connectivity index (χ1n) is 9.83. The lowest BCUT2D eigenvalue weighted by molar-refractivity contribution is -0.138. The van der Waals surface area contributed by atoms with Gasteiger partial charge in [-0.05, 0) is 50.5 Å². The fourth-order valence-electron chi connectivity index (χ4n) is 3.78. The first-order chi connectivity index (χ1) is 14.4. The number of piperidine rings is 1. The molecular weight excluding hydrogens is 433 g/mol. The van der Waals surface area contributed by atoms with E-state index in [2.05, 4.69) is 10.4 Å². The van der Waals surface area contributed by atoms with Crippen molar-refractivity contribution >= 4 is 15.9 Å².